The van der Waals surface area contributed by atoms with Gasteiger partial charge in [0.25, 0.3) is 0 Å². The van der Waals surface area contributed by atoms with E-state index in [1.165, 1.54) is 19.1 Å². The van der Waals surface area contributed by atoms with Crippen molar-refractivity contribution in [2.45, 2.75) is 19.5 Å². The van der Waals surface area contributed by atoms with Crippen molar-refractivity contribution in [2.75, 3.05) is 11.4 Å². The number of carboxylic acid groups (broad SMARTS) is 1. The van der Waals surface area contributed by atoms with Crippen LogP contribution in [0.4, 0.5) is 18.9 Å². The van der Waals surface area contributed by atoms with Gasteiger partial charge in [0.2, 0.25) is 5.91 Å². The van der Waals surface area contributed by atoms with Crippen LogP contribution in [0.3, 0.4) is 0 Å². The van der Waals surface area contributed by atoms with Crippen LogP contribution in [0.25, 0.3) is 0 Å². The highest BCUT2D eigenvalue weighted by Crippen LogP contribution is 2.40. The van der Waals surface area contributed by atoms with Gasteiger partial charge < -0.3 is 10.0 Å². The van der Waals surface area contributed by atoms with Gasteiger partial charge in [-0.3, -0.25) is 9.59 Å². The molecule has 0 saturated carbocycles. The number of amides is 1. The summed E-state index contributed by atoms with van der Waals surface area (Å²) in [6, 6.07) is 3.62. The fourth-order valence-electron chi connectivity index (χ4n) is 2.34. The summed E-state index contributed by atoms with van der Waals surface area (Å²) in [4.78, 5) is 23.6. The minimum atomic E-state index is -4.59. The van der Waals surface area contributed by atoms with E-state index in [1.54, 1.807) is 0 Å². The summed E-state index contributed by atoms with van der Waals surface area (Å²) in [6.07, 6.45) is -4.87. The number of halogens is 3. The van der Waals surface area contributed by atoms with Gasteiger partial charge in [-0.05, 0) is 18.6 Å². The van der Waals surface area contributed by atoms with E-state index in [2.05, 4.69) is 0 Å². The van der Waals surface area contributed by atoms with Crippen LogP contribution < -0.4 is 4.90 Å². The maximum Gasteiger partial charge on any atom is 0.418 e. The van der Waals surface area contributed by atoms with E-state index in [4.69, 9.17) is 5.11 Å². The van der Waals surface area contributed by atoms with Gasteiger partial charge in [-0.25, -0.2) is 0 Å². The summed E-state index contributed by atoms with van der Waals surface area (Å²) < 4.78 is 39.0. The molecule has 2 rings (SSSR count). The van der Waals surface area contributed by atoms with Crippen molar-refractivity contribution in [3.05, 3.63) is 29.3 Å². The number of hydrogen-bond acceptors (Lipinski definition) is 2. The van der Waals surface area contributed by atoms with Gasteiger partial charge in [-0.1, -0.05) is 12.1 Å². The summed E-state index contributed by atoms with van der Waals surface area (Å²) in [7, 11) is 0. The predicted molar refractivity (Wildman–Crippen MR) is 64.3 cm³/mol. The second-order valence-electron chi connectivity index (χ2n) is 4.71. The van der Waals surface area contributed by atoms with Gasteiger partial charge in [0.05, 0.1) is 17.2 Å². The number of hydrogen-bond donors (Lipinski definition) is 1. The van der Waals surface area contributed by atoms with Crippen molar-refractivity contribution in [3.63, 3.8) is 0 Å². The maximum absolute atomic E-state index is 13.0. The minimum absolute atomic E-state index is 0.234. The average Bonchev–Trinajstić information content (AvgIpc) is 2.70. The summed E-state index contributed by atoms with van der Waals surface area (Å²) in [5, 5.41) is 8.89. The molecule has 1 fully saturated rings. The maximum atomic E-state index is 13.0. The van der Waals surface area contributed by atoms with Gasteiger partial charge in [0.1, 0.15) is 0 Å². The number of anilines is 1. The van der Waals surface area contributed by atoms with E-state index in [1.807, 2.05) is 0 Å². The topological polar surface area (TPSA) is 57.6 Å². The predicted octanol–water partition coefficient (Wildman–Crippen LogP) is 2.45. The Balaban J connectivity index is 2.48. The van der Waals surface area contributed by atoms with Crippen molar-refractivity contribution in [3.8, 4) is 0 Å². The first-order valence-electron chi connectivity index (χ1n) is 5.91. The lowest BCUT2D eigenvalue weighted by Crippen LogP contribution is -2.29. The quantitative estimate of drug-likeness (QED) is 0.909. The first-order valence-corrected chi connectivity index (χ1v) is 5.91. The zero-order chi connectivity index (χ0) is 15.1. The highest BCUT2D eigenvalue weighted by atomic mass is 19.4. The van der Waals surface area contributed by atoms with Crippen LogP contribution in [0.5, 0.6) is 0 Å². The third kappa shape index (κ3) is 2.48. The zero-order valence-electron chi connectivity index (χ0n) is 10.6. The van der Waals surface area contributed by atoms with Crippen molar-refractivity contribution in [1.82, 2.24) is 0 Å². The molecule has 0 aromatic heterocycles. The molecule has 0 radical (unpaired) electrons. The SMILES string of the molecule is Cc1cccc(C(F)(F)F)c1N1CC(C(=O)O)CC1=O. The number of aliphatic carboxylic acids is 1. The Morgan fingerprint density at radius 2 is 2.05 bits per heavy atom. The highest BCUT2D eigenvalue weighted by Gasteiger charge is 2.41. The molecule has 1 amide bonds. The monoisotopic (exact) mass is 287 g/mol. The minimum Gasteiger partial charge on any atom is -0.481 e. The summed E-state index contributed by atoms with van der Waals surface area (Å²) in [5.74, 6) is -2.75. The van der Waals surface area contributed by atoms with Gasteiger partial charge in [-0.15, -0.1) is 0 Å². The second-order valence-corrected chi connectivity index (χ2v) is 4.71. The molecule has 1 atom stereocenters. The van der Waals surface area contributed by atoms with Crippen molar-refractivity contribution in [2.24, 2.45) is 5.92 Å². The molecule has 0 spiro atoms. The molecule has 1 aromatic rings. The third-order valence-electron chi connectivity index (χ3n) is 3.29. The van der Waals surface area contributed by atoms with Crippen LogP contribution >= 0.6 is 0 Å². The van der Waals surface area contributed by atoms with E-state index in [0.29, 0.717) is 5.56 Å². The van der Waals surface area contributed by atoms with E-state index in [0.717, 1.165) is 11.0 Å². The molecular weight excluding hydrogens is 275 g/mol. The number of carbonyl (C=O) groups excluding carboxylic acids is 1. The highest BCUT2D eigenvalue weighted by molar-refractivity contribution is 6.00. The number of rotatable bonds is 2. The molecule has 1 saturated heterocycles. The summed E-state index contributed by atoms with van der Waals surface area (Å²) in [5.41, 5.74) is -0.871. The van der Waals surface area contributed by atoms with Crippen LogP contribution in [-0.4, -0.2) is 23.5 Å². The number of carbonyl (C=O) groups is 2. The van der Waals surface area contributed by atoms with Gasteiger partial charge in [0.15, 0.2) is 0 Å². The molecule has 4 nitrogen and oxygen atoms in total. The van der Waals surface area contributed by atoms with Crippen LogP contribution in [-0.2, 0) is 15.8 Å². The molecule has 0 aliphatic carbocycles. The van der Waals surface area contributed by atoms with Gasteiger partial charge in [-0.2, -0.15) is 13.2 Å². The summed E-state index contributed by atoms with van der Waals surface area (Å²) >= 11 is 0. The first-order chi connectivity index (χ1) is 9.21. The third-order valence-corrected chi connectivity index (χ3v) is 3.29. The molecule has 1 aromatic carbocycles. The Hall–Kier alpha value is -2.05. The standard InChI is InChI=1S/C13H12F3NO3/c1-7-3-2-4-9(13(14,15)16)11(7)17-6-8(12(19)20)5-10(17)18/h2-4,8H,5-6H2,1H3,(H,19,20). The smallest absolute Gasteiger partial charge is 0.418 e. The van der Waals surface area contributed by atoms with Crippen LogP contribution in [0.1, 0.15) is 17.5 Å². The van der Waals surface area contributed by atoms with Crippen LogP contribution in [0.2, 0.25) is 0 Å². The second kappa shape index (κ2) is 4.81. The van der Waals surface area contributed by atoms with E-state index in [9.17, 15) is 22.8 Å². The lowest BCUT2D eigenvalue weighted by atomic mass is 10.1. The van der Waals surface area contributed by atoms with Crippen molar-refractivity contribution in [1.29, 1.82) is 0 Å². The zero-order valence-corrected chi connectivity index (χ0v) is 10.6. The van der Waals surface area contributed by atoms with E-state index >= 15 is 0 Å². The Morgan fingerprint density at radius 1 is 1.40 bits per heavy atom. The Labute approximate surface area is 112 Å². The lowest BCUT2D eigenvalue weighted by Gasteiger charge is -2.23. The molecule has 20 heavy (non-hydrogen) atoms. The van der Waals surface area contributed by atoms with Crippen LogP contribution in [0, 0.1) is 12.8 Å². The molecular formula is C13H12F3NO3. The molecule has 1 N–H and O–H groups in total. The summed E-state index contributed by atoms with van der Waals surface area (Å²) in [6.45, 7) is 1.23. The number of carboxylic acids is 1. The van der Waals surface area contributed by atoms with Gasteiger partial charge >= 0.3 is 12.1 Å². The van der Waals surface area contributed by atoms with Crippen LogP contribution in [0.15, 0.2) is 18.2 Å². The number of para-hydroxylation sites is 1. The fraction of sp³-hybridized carbons (Fsp3) is 0.385. The largest absolute Gasteiger partial charge is 0.481 e. The molecule has 1 aliphatic heterocycles. The average molecular weight is 287 g/mol. The number of nitrogens with zero attached hydrogens (tertiary/aromatic N) is 1. The molecule has 7 heteroatoms. The Bertz CT molecular complexity index is 568. The number of benzene rings is 1. The Kier molecular flexibility index (Phi) is 3.45. The molecule has 0 bridgehead atoms. The molecule has 108 valence electrons. The van der Waals surface area contributed by atoms with E-state index in [-0.39, 0.29) is 18.7 Å². The number of aryl methyl sites for hydroxylation is 1. The molecule has 1 unspecified atom stereocenters. The van der Waals surface area contributed by atoms with Gasteiger partial charge in [0, 0.05) is 13.0 Å². The Morgan fingerprint density at radius 3 is 2.55 bits per heavy atom. The fourth-order valence-corrected chi connectivity index (χ4v) is 2.34. The van der Waals surface area contributed by atoms with Crippen molar-refractivity contribution < 1.29 is 27.9 Å². The lowest BCUT2D eigenvalue weighted by molar-refractivity contribution is -0.141. The molecule has 1 heterocycles. The first kappa shape index (κ1) is 14.4. The number of alkyl halides is 3. The van der Waals surface area contributed by atoms with Crippen molar-refractivity contribution >= 4 is 17.6 Å². The molecule has 1 aliphatic rings. The normalized spacial score (nSPS) is 19.5. The van der Waals surface area contributed by atoms with E-state index < -0.39 is 29.5 Å².